The van der Waals surface area contributed by atoms with E-state index in [1.807, 2.05) is 0 Å². The Morgan fingerprint density at radius 1 is 1.36 bits per heavy atom. The van der Waals surface area contributed by atoms with E-state index in [0.29, 0.717) is 16.9 Å². The van der Waals surface area contributed by atoms with Crippen LogP contribution in [0.15, 0.2) is 35.0 Å². The normalized spacial score (nSPS) is 13.6. The van der Waals surface area contributed by atoms with Crippen LogP contribution in [0, 0.1) is 0 Å². The lowest BCUT2D eigenvalue weighted by molar-refractivity contribution is -0.147. The lowest BCUT2D eigenvalue weighted by atomic mass is 9.99. The fourth-order valence-electron chi connectivity index (χ4n) is 2.01. The molecule has 3 N–H and O–H groups in total. The number of aliphatic hydroxyl groups excluding tert-OH is 2. The van der Waals surface area contributed by atoms with Crippen molar-refractivity contribution in [3.63, 3.8) is 0 Å². The molecule has 1 aromatic heterocycles. The molecular weight excluding hydrogens is 290 g/mol. The van der Waals surface area contributed by atoms with E-state index in [2.05, 4.69) is 5.16 Å². The minimum absolute atomic E-state index is 0.0485. The Bertz CT molecular complexity index is 625. The van der Waals surface area contributed by atoms with Gasteiger partial charge in [-0.25, -0.2) is 0 Å². The molecule has 0 saturated heterocycles. The van der Waals surface area contributed by atoms with Crippen molar-refractivity contribution >= 4 is 5.97 Å². The first-order valence-electron chi connectivity index (χ1n) is 6.78. The minimum atomic E-state index is -1.31. The summed E-state index contributed by atoms with van der Waals surface area (Å²) in [6.07, 6.45) is -1.51. The number of aromatic nitrogens is 1. The molecule has 2 atom stereocenters. The highest BCUT2D eigenvalue weighted by Gasteiger charge is 2.23. The summed E-state index contributed by atoms with van der Waals surface area (Å²) in [5.74, 6) is -0.317. The molecule has 0 fully saturated rings. The number of rotatable bonds is 6. The first-order chi connectivity index (χ1) is 10.5. The van der Waals surface area contributed by atoms with Crippen molar-refractivity contribution in [2.75, 3.05) is 6.61 Å². The summed E-state index contributed by atoms with van der Waals surface area (Å²) in [5, 5.41) is 33.4. The Hall–Kier alpha value is -2.38. The number of carbonyl (C=O) groups excluding carboxylic acids is 1. The van der Waals surface area contributed by atoms with Gasteiger partial charge in [0, 0.05) is 6.07 Å². The fraction of sp³-hybridized carbons (Fsp3) is 0.333. The van der Waals surface area contributed by atoms with Crippen molar-refractivity contribution in [2.24, 2.45) is 0 Å². The molecule has 0 bridgehead atoms. The molecule has 22 heavy (non-hydrogen) atoms. The third-order valence-corrected chi connectivity index (χ3v) is 3.11. The average molecular weight is 307 g/mol. The van der Waals surface area contributed by atoms with Crippen molar-refractivity contribution in [2.45, 2.75) is 25.6 Å². The number of hydrogen-bond donors (Lipinski definition) is 3. The molecule has 1 aromatic carbocycles. The monoisotopic (exact) mass is 307 g/mol. The Kier molecular flexibility index (Phi) is 5.13. The summed E-state index contributed by atoms with van der Waals surface area (Å²) >= 11 is 0. The largest absolute Gasteiger partial charge is 0.507 e. The summed E-state index contributed by atoms with van der Waals surface area (Å²) < 4.78 is 9.69. The minimum Gasteiger partial charge on any atom is -0.507 e. The topological polar surface area (TPSA) is 113 Å². The van der Waals surface area contributed by atoms with Crippen LogP contribution in [0.5, 0.6) is 5.75 Å². The standard InChI is InChI=1S/C15H17NO6/c1-2-21-14(19)8-12(18)15(20)9-3-4-11(17)10(7-9)13-5-6-16-22-13/h3-7,12,15,17-18,20H,2,8H2,1H3. The Morgan fingerprint density at radius 3 is 2.77 bits per heavy atom. The Morgan fingerprint density at radius 2 is 2.14 bits per heavy atom. The summed E-state index contributed by atoms with van der Waals surface area (Å²) in [5.41, 5.74) is 0.665. The van der Waals surface area contributed by atoms with Crippen LogP contribution < -0.4 is 0 Å². The Balaban J connectivity index is 2.18. The van der Waals surface area contributed by atoms with E-state index < -0.39 is 18.2 Å². The van der Waals surface area contributed by atoms with Gasteiger partial charge in [0.2, 0.25) is 0 Å². The molecule has 0 saturated carbocycles. The van der Waals surface area contributed by atoms with Gasteiger partial charge in [-0.3, -0.25) is 4.79 Å². The number of benzene rings is 1. The predicted molar refractivity (Wildman–Crippen MR) is 75.8 cm³/mol. The van der Waals surface area contributed by atoms with E-state index in [9.17, 15) is 20.1 Å². The summed E-state index contributed by atoms with van der Waals surface area (Å²) in [6.45, 7) is 1.86. The molecule has 0 aliphatic rings. The zero-order valence-electron chi connectivity index (χ0n) is 12.0. The second-order valence-corrected chi connectivity index (χ2v) is 4.67. The number of hydrogen-bond acceptors (Lipinski definition) is 7. The number of ether oxygens (including phenoxy) is 1. The van der Waals surface area contributed by atoms with Crippen LogP contribution in [0.3, 0.4) is 0 Å². The van der Waals surface area contributed by atoms with Crippen LogP contribution in [-0.2, 0) is 9.53 Å². The van der Waals surface area contributed by atoms with Crippen LogP contribution in [0.1, 0.15) is 25.0 Å². The zero-order chi connectivity index (χ0) is 16.1. The molecule has 0 aliphatic heterocycles. The SMILES string of the molecule is CCOC(=O)CC(O)C(O)c1ccc(O)c(-c2ccno2)c1. The van der Waals surface area contributed by atoms with Gasteiger partial charge in [0.15, 0.2) is 5.76 Å². The molecule has 2 aromatic rings. The second-order valence-electron chi connectivity index (χ2n) is 4.67. The van der Waals surface area contributed by atoms with Crippen LogP contribution in [-0.4, -0.2) is 39.2 Å². The predicted octanol–water partition coefficient (Wildman–Crippen LogP) is 1.39. The first-order valence-corrected chi connectivity index (χ1v) is 6.78. The molecule has 118 valence electrons. The molecule has 0 spiro atoms. The van der Waals surface area contributed by atoms with Crippen molar-refractivity contribution < 1.29 is 29.4 Å². The lowest BCUT2D eigenvalue weighted by Crippen LogP contribution is -2.23. The zero-order valence-corrected chi connectivity index (χ0v) is 12.0. The molecular formula is C15H17NO6. The molecule has 7 nitrogen and oxygen atoms in total. The van der Waals surface area contributed by atoms with Crippen LogP contribution in [0.2, 0.25) is 0 Å². The molecule has 2 rings (SSSR count). The van der Waals surface area contributed by atoms with Crippen molar-refractivity contribution in [1.29, 1.82) is 0 Å². The highest BCUT2D eigenvalue weighted by molar-refractivity contribution is 5.70. The van der Waals surface area contributed by atoms with Crippen molar-refractivity contribution in [1.82, 2.24) is 5.16 Å². The first kappa shape index (κ1) is 16.0. The highest BCUT2D eigenvalue weighted by Crippen LogP contribution is 2.32. The number of esters is 1. The molecule has 2 unspecified atom stereocenters. The molecule has 0 aliphatic carbocycles. The number of aromatic hydroxyl groups is 1. The molecule has 1 heterocycles. The third-order valence-electron chi connectivity index (χ3n) is 3.11. The number of aliphatic hydroxyl groups is 2. The average Bonchev–Trinajstić information content (AvgIpc) is 3.01. The second kappa shape index (κ2) is 7.06. The van der Waals surface area contributed by atoms with Crippen molar-refractivity contribution in [3.8, 4) is 17.1 Å². The fourth-order valence-corrected chi connectivity index (χ4v) is 2.01. The van der Waals surface area contributed by atoms with E-state index in [1.165, 1.54) is 24.4 Å². The molecule has 0 radical (unpaired) electrons. The van der Waals surface area contributed by atoms with Crippen LogP contribution in [0.25, 0.3) is 11.3 Å². The van der Waals surface area contributed by atoms with Gasteiger partial charge in [-0.05, 0) is 24.6 Å². The molecule has 0 amide bonds. The maximum atomic E-state index is 11.3. The third kappa shape index (κ3) is 3.63. The summed E-state index contributed by atoms with van der Waals surface area (Å²) in [7, 11) is 0. The van der Waals surface area contributed by atoms with E-state index in [-0.39, 0.29) is 18.8 Å². The van der Waals surface area contributed by atoms with Crippen LogP contribution in [0.4, 0.5) is 0 Å². The quantitative estimate of drug-likeness (QED) is 0.691. The van der Waals surface area contributed by atoms with Gasteiger partial charge < -0.3 is 24.6 Å². The molecule has 7 heteroatoms. The van der Waals surface area contributed by atoms with Gasteiger partial charge in [-0.2, -0.15) is 0 Å². The number of phenolic OH excluding ortho intramolecular Hbond substituents is 1. The lowest BCUT2D eigenvalue weighted by Gasteiger charge is -2.18. The van der Waals surface area contributed by atoms with E-state index in [1.54, 1.807) is 13.0 Å². The highest BCUT2D eigenvalue weighted by atomic mass is 16.5. The summed E-state index contributed by atoms with van der Waals surface area (Å²) in [6, 6.07) is 5.84. The summed E-state index contributed by atoms with van der Waals surface area (Å²) in [4.78, 5) is 11.3. The van der Waals surface area contributed by atoms with Gasteiger partial charge in [0.05, 0.1) is 30.9 Å². The van der Waals surface area contributed by atoms with Gasteiger partial charge in [-0.15, -0.1) is 0 Å². The van der Waals surface area contributed by atoms with E-state index >= 15 is 0 Å². The Labute approximate surface area is 126 Å². The maximum Gasteiger partial charge on any atom is 0.308 e. The number of carbonyl (C=O) groups is 1. The van der Waals surface area contributed by atoms with Gasteiger partial charge in [-0.1, -0.05) is 11.2 Å². The number of nitrogens with zero attached hydrogens (tertiary/aromatic N) is 1. The van der Waals surface area contributed by atoms with Gasteiger partial charge in [0.1, 0.15) is 11.9 Å². The van der Waals surface area contributed by atoms with Crippen LogP contribution >= 0.6 is 0 Å². The van der Waals surface area contributed by atoms with Crippen molar-refractivity contribution in [3.05, 3.63) is 36.0 Å². The van der Waals surface area contributed by atoms with E-state index in [0.717, 1.165) is 0 Å². The number of phenols is 1. The smallest absolute Gasteiger partial charge is 0.308 e. The van der Waals surface area contributed by atoms with Gasteiger partial charge >= 0.3 is 5.97 Å². The van der Waals surface area contributed by atoms with Gasteiger partial charge in [0.25, 0.3) is 0 Å². The maximum absolute atomic E-state index is 11.3. The van der Waals surface area contributed by atoms with E-state index in [4.69, 9.17) is 9.26 Å².